The minimum atomic E-state index is -0.975. The van der Waals surface area contributed by atoms with Crippen LogP contribution in [0.4, 0.5) is 11.4 Å². The number of carbonyl (C=O) groups is 2. The van der Waals surface area contributed by atoms with Gasteiger partial charge in [0, 0.05) is 6.42 Å². The van der Waals surface area contributed by atoms with E-state index in [9.17, 15) is 19.7 Å². The van der Waals surface area contributed by atoms with E-state index in [0.29, 0.717) is 0 Å². The number of nitro benzene ring substituents is 1. The molecule has 1 aromatic carbocycles. The van der Waals surface area contributed by atoms with E-state index in [1.807, 2.05) is 0 Å². The lowest BCUT2D eigenvalue weighted by molar-refractivity contribution is -0.384. The van der Waals surface area contributed by atoms with Gasteiger partial charge in [-0.2, -0.15) is 5.26 Å². The molecule has 1 N–H and O–H groups in total. The molecule has 0 aliphatic rings. The fourth-order valence-corrected chi connectivity index (χ4v) is 1.51. The van der Waals surface area contributed by atoms with Gasteiger partial charge in [0.05, 0.1) is 9.95 Å². The van der Waals surface area contributed by atoms with Gasteiger partial charge in [0.15, 0.2) is 5.56 Å². The van der Waals surface area contributed by atoms with Crippen molar-refractivity contribution in [3.05, 3.63) is 32.8 Å². The van der Waals surface area contributed by atoms with Crippen LogP contribution in [0, 0.1) is 21.4 Å². The van der Waals surface area contributed by atoms with Crippen LogP contribution < -0.4 is 5.32 Å². The molecule has 0 saturated heterocycles. The quantitative estimate of drug-likeness (QED) is 0.515. The lowest BCUT2D eigenvalue weighted by Crippen LogP contribution is -2.22. The van der Waals surface area contributed by atoms with Crippen molar-refractivity contribution in [3.8, 4) is 6.07 Å². The third-order valence-electron chi connectivity index (χ3n) is 2.24. The Balaban J connectivity index is 3.30. The van der Waals surface area contributed by atoms with Gasteiger partial charge in [-0.3, -0.25) is 19.7 Å². The molecule has 7 nitrogen and oxygen atoms in total. The van der Waals surface area contributed by atoms with Crippen LogP contribution in [0.15, 0.2) is 12.1 Å². The summed E-state index contributed by atoms with van der Waals surface area (Å²) in [5, 5.41) is 21.8. The van der Waals surface area contributed by atoms with E-state index in [-0.39, 0.29) is 22.7 Å². The second kappa shape index (κ2) is 5.93. The van der Waals surface area contributed by atoms with Crippen LogP contribution >= 0.6 is 11.6 Å². The zero-order valence-electron chi connectivity index (χ0n) is 9.77. The highest BCUT2D eigenvalue weighted by Gasteiger charge is 2.25. The molecule has 1 rings (SSSR count). The average molecular weight is 282 g/mol. The van der Waals surface area contributed by atoms with Crippen molar-refractivity contribution in [1.82, 2.24) is 0 Å². The lowest BCUT2D eigenvalue weighted by Gasteiger charge is -2.06. The molecule has 0 aromatic heterocycles. The number of benzene rings is 1. The van der Waals surface area contributed by atoms with Crippen LogP contribution in [0.5, 0.6) is 0 Å². The zero-order chi connectivity index (χ0) is 14.6. The monoisotopic (exact) mass is 281 g/mol. The predicted molar refractivity (Wildman–Crippen MR) is 66.7 cm³/mol. The first-order valence-electron chi connectivity index (χ1n) is 5.13. The van der Waals surface area contributed by atoms with Gasteiger partial charge in [-0.1, -0.05) is 18.5 Å². The van der Waals surface area contributed by atoms with Gasteiger partial charge in [0.1, 0.15) is 11.8 Å². The van der Waals surface area contributed by atoms with Gasteiger partial charge in [-0.25, -0.2) is 0 Å². The second-order valence-corrected chi connectivity index (χ2v) is 3.83. The van der Waals surface area contributed by atoms with Crippen LogP contribution in [0.3, 0.4) is 0 Å². The first-order valence-corrected chi connectivity index (χ1v) is 5.51. The van der Waals surface area contributed by atoms with Gasteiger partial charge >= 0.3 is 5.69 Å². The van der Waals surface area contributed by atoms with Crippen molar-refractivity contribution in [2.75, 3.05) is 5.32 Å². The highest BCUT2D eigenvalue weighted by atomic mass is 35.5. The number of ketones is 1. The fourth-order valence-electron chi connectivity index (χ4n) is 1.32. The van der Waals surface area contributed by atoms with E-state index < -0.39 is 22.3 Å². The Morgan fingerprint density at radius 3 is 2.63 bits per heavy atom. The van der Waals surface area contributed by atoms with Crippen molar-refractivity contribution < 1.29 is 14.5 Å². The number of nitrogens with zero attached hydrogens (tertiary/aromatic N) is 2. The maximum atomic E-state index is 11.4. The molecule has 0 fully saturated rings. The van der Waals surface area contributed by atoms with Crippen molar-refractivity contribution >= 4 is 34.7 Å². The number of hydrogen-bond donors (Lipinski definition) is 1. The minimum Gasteiger partial charge on any atom is -0.314 e. The molecule has 0 bridgehead atoms. The molecule has 0 spiro atoms. The van der Waals surface area contributed by atoms with Crippen LogP contribution in [-0.2, 0) is 9.59 Å². The van der Waals surface area contributed by atoms with Gasteiger partial charge in [-0.05, 0) is 12.1 Å². The summed E-state index contributed by atoms with van der Waals surface area (Å²) in [5.74, 6) is -1.69. The molecule has 98 valence electrons. The smallest absolute Gasteiger partial charge is 0.311 e. The number of nitro groups is 1. The van der Waals surface area contributed by atoms with Gasteiger partial charge in [0.25, 0.3) is 5.91 Å². The molecular weight excluding hydrogens is 274 g/mol. The molecule has 0 radical (unpaired) electrons. The molecule has 0 unspecified atom stereocenters. The van der Waals surface area contributed by atoms with E-state index in [1.165, 1.54) is 19.1 Å². The Morgan fingerprint density at radius 2 is 2.16 bits per heavy atom. The third kappa shape index (κ3) is 3.05. The molecule has 0 heterocycles. The molecule has 0 atom stereocenters. The number of hydrogen-bond acceptors (Lipinski definition) is 5. The maximum Gasteiger partial charge on any atom is 0.311 e. The standard InChI is InChI=1S/C11H8ClN3O4/c1-2-9(16)11(17)14-8-4-3-7(12)6(5-13)10(8)15(18)19/h3-4H,2H2,1H3,(H,14,17). The van der Waals surface area contributed by atoms with Crippen LogP contribution in [-0.4, -0.2) is 16.6 Å². The van der Waals surface area contributed by atoms with Crippen molar-refractivity contribution in [1.29, 1.82) is 5.26 Å². The van der Waals surface area contributed by atoms with E-state index in [1.54, 1.807) is 6.07 Å². The van der Waals surface area contributed by atoms with Gasteiger partial charge in [-0.15, -0.1) is 0 Å². The second-order valence-electron chi connectivity index (χ2n) is 3.42. The topological polar surface area (TPSA) is 113 Å². The molecular formula is C11H8ClN3O4. The normalized spacial score (nSPS) is 9.53. The number of nitrogens with one attached hydrogen (secondary N) is 1. The molecule has 0 aliphatic carbocycles. The van der Waals surface area contributed by atoms with Crippen molar-refractivity contribution in [2.24, 2.45) is 0 Å². The summed E-state index contributed by atoms with van der Waals surface area (Å²) in [6.45, 7) is 1.49. The van der Waals surface area contributed by atoms with Gasteiger partial charge in [0.2, 0.25) is 5.78 Å². The largest absolute Gasteiger partial charge is 0.314 e. The summed E-state index contributed by atoms with van der Waals surface area (Å²) in [6, 6.07) is 4.00. The van der Waals surface area contributed by atoms with Crippen LogP contribution in [0.25, 0.3) is 0 Å². The Morgan fingerprint density at radius 1 is 1.53 bits per heavy atom. The summed E-state index contributed by atoms with van der Waals surface area (Å²) in [6.07, 6.45) is -0.0294. The van der Waals surface area contributed by atoms with E-state index in [0.717, 1.165) is 0 Å². The van der Waals surface area contributed by atoms with Crippen LogP contribution in [0.2, 0.25) is 5.02 Å². The Bertz CT molecular complexity index is 607. The number of amides is 1. The van der Waals surface area contributed by atoms with E-state index >= 15 is 0 Å². The number of Topliss-reactive ketones (excluding diaryl/α,β-unsaturated/α-hetero) is 1. The molecule has 1 aromatic rings. The summed E-state index contributed by atoms with van der Waals surface area (Å²) in [5.41, 5.74) is -1.24. The van der Waals surface area contributed by atoms with E-state index in [4.69, 9.17) is 16.9 Å². The molecule has 1 amide bonds. The summed E-state index contributed by atoms with van der Waals surface area (Å²) in [7, 11) is 0. The number of carbonyl (C=O) groups excluding carboxylic acids is 2. The Labute approximate surface area is 112 Å². The number of rotatable bonds is 4. The maximum absolute atomic E-state index is 11.4. The minimum absolute atomic E-state index is 0.0294. The highest BCUT2D eigenvalue weighted by Crippen LogP contribution is 2.33. The predicted octanol–water partition coefficient (Wildman–Crippen LogP) is 2.04. The third-order valence-corrected chi connectivity index (χ3v) is 2.56. The number of anilines is 1. The first-order chi connectivity index (χ1) is 8.92. The number of halogens is 1. The lowest BCUT2D eigenvalue weighted by atomic mass is 10.1. The van der Waals surface area contributed by atoms with Crippen LogP contribution in [0.1, 0.15) is 18.9 Å². The SMILES string of the molecule is CCC(=O)C(=O)Nc1ccc(Cl)c(C#N)c1[N+](=O)[O-]. The molecule has 8 heteroatoms. The van der Waals surface area contributed by atoms with E-state index in [2.05, 4.69) is 5.32 Å². The number of nitriles is 1. The zero-order valence-corrected chi connectivity index (χ0v) is 10.5. The molecule has 0 saturated carbocycles. The summed E-state index contributed by atoms with van der Waals surface area (Å²) >= 11 is 5.67. The van der Waals surface area contributed by atoms with Gasteiger partial charge < -0.3 is 5.32 Å². The van der Waals surface area contributed by atoms with Crippen molar-refractivity contribution in [2.45, 2.75) is 13.3 Å². The fraction of sp³-hybridized carbons (Fsp3) is 0.182. The molecule has 0 aliphatic heterocycles. The average Bonchev–Trinajstić information content (AvgIpc) is 2.38. The summed E-state index contributed by atoms with van der Waals surface area (Å²) in [4.78, 5) is 32.6. The first kappa shape index (κ1) is 14.6. The van der Waals surface area contributed by atoms with Crippen molar-refractivity contribution in [3.63, 3.8) is 0 Å². The molecule has 19 heavy (non-hydrogen) atoms. The Hall–Kier alpha value is -2.46. The summed E-state index contributed by atoms with van der Waals surface area (Å²) < 4.78 is 0. The Kier molecular flexibility index (Phi) is 4.56. The highest BCUT2D eigenvalue weighted by molar-refractivity contribution is 6.40.